The Morgan fingerprint density at radius 3 is 2.19 bits per heavy atom. The summed E-state index contributed by atoms with van der Waals surface area (Å²) in [6, 6.07) is 15.2. The first-order valence-corrected chi connectivity index (χ1v) is 8.13. The summed E-state index contributed by atoms with van der Waals surface area (Å²) < 4.78 is 30.5. The molecular formula is C16H18O4S. The van der Waals surface area contributed by atoms with Gasteiger partial charge in [0.05, 0.1) is 18.5 Å². The molecule has 112 valence electrons. The second-order valence-electron chi connectivity index (χ2n) is 4.76. The molecule has 2 aromatic carbocycles. The third-order valence-corrected chi connectivity index (χ3v) is 5.64. The molecule has 0 saturated heterocycles. The van der Waals surface area contributed by atoms with Crippen LogP contribution in [-0.4, -0.2) is 25.9 Å². The maximum Gasteiger partial charge on any atom is 0.187 e. The van der Waals surface area contributed by atoms with E-state index < -0.39 is 21.2 Å². The molecule has 1 N–H and O–H groups in total. The molecule has 0 aliphatic rings. The zero-order chi connectivity index (χ0) is 15.5. The van der Waals surface area contributed by atoms with Crippen LogP contribution in [0.15, 0.2) is 59.5 Å². The number of sulfone groups is 1. The smallest absolute Gasteiger partial charge is 0.187 e. The second kappa shape index (κ2) is 6.28. The highest BCUT2D eigenvalue weighted by Crippen LogP contribution is 2.31. The molecule has 0 saturated carbocycles. The normalized spacial score (nSPS) is 14.4. The van der Waals surface area contributed by atoms with Crippen molar-refractivity contribution in [2.75, 3.05) is 7.11 Å². The highest BCUT2D eigenvalue weighted by atomic mass is 32.2. The van der Waals surface area contributed by atoms with Crippen molar-refractivity contribution in [3.05, 3.63) is 60.2 Å². The van der Waals surface area contributed by atoms with E-state index in [0.29, 0.717) is 5.56 Å². The average molecular weight is 306 g/mol. The summed E-state index contributed by atoms with van der Waals surface area (Å²) in [6.07, 6.45) is -1.10. The van der Waals surface area contributed by atoms with Crippen LogP contribution in [0.2, 0.25) is 0 Å². The standard InChI is InChI=1S/C16H18O4S/c1-12(16(17)13-8-4-3-5-9-13)21(18,19)15-11-7-6-10-14(15)20-2/h3-12,16-17H,1-2H3. The van der Waals surface area contributed by atoms with Crippen molar-refractivity contribution in [3.8, 4) is 5.75 Å². The van der Waals surface area contributed by atoms with Crippen molar-refractivity contribution in [2.45, 2.75) is 23.2 Å². The first kappa shape index (κ1) is 15.5. The van der Waals surface area contributed by atoms with Gasteiger partial charge in [0, 0.05) is 0 Å². The van der Waals surface area contributed by atoms with Gasteiger partial charge in [0.25, 0.3) is 0 Å². The van der Waals surface area contributed by atoms with Crippen molar-refractivity contribution in [3.63, 3.8) is 0 Å². The second-order valence-corrected chi connectivity index (χ2v) is 7.03. The number of aliphatic hydroxyl groups excluding tert-OH is 1. The maximum absolute atomic E-state index is 12.7. The lowest BCUT2D eigenvalue weighted by atomic mass is 10.1. The molecular weight excluding hydrogens is 288 g/mol. The summed E-state index contributed by atoms with van der Waals surface area (Å²) in [6.45, 7) is 1.50. The largest absolute Gasteiger partial charge is 0.495 e. The predicted molar refractivity (Wildman–Crippen MR) is 81.0 cm³/mol. The van der Waals surface area contributed by atoms with E-state index in [4.69, 9.17) is 4.74 Å². The van der Waals surface area contributed by atoms with Crippen LogP contribution in [0.5, 0.6) is 5.75 Å². The SMILES string of the molecule is COc1ccccc1S(=O)(=O)C(C)C(O)c1ccccc1. The van der Waals surface area contributed by atoms with E-state index >= 15 is 0 Å². The van der Waals surface area contributed by atoms with Gasteiger partial charge in [-0.05, 0) is 24.6 Å². The van der Waals surface area contributed by atoms with Gasteiger partial charge in [-0.2, -0.15) is 0 Å². The Bertz CT molecular complexity index is 695. The van der Waals surface area contributed by atoms with Gasteiger partial charge in [-0.1, -0.05) is 42.5 Å². The number of rotatable bonds is 5. The van der Waals surface area contributed by atoms with Gasteiger partial charge in [0.15, 0.2) is 9.84 Å². The van der Waals surface area contributed by atoms with Gasteiger partial charge < -0.3 is 9.84 Å². The van der Waals surface area contributed by atoms with Gasteiger partial charge in [-0.25, -0.2) is 8.42 Å². The van der Waals surface area contributed by atoms with Gasteiger partial charge in [-0.3, -0.25) is 0 Å². The summed E-state index contributed by atoms with van der Waals surface area (Å²) in [7, 11) is -2.28. The van der Waals surface area contributed by atoms with Crippen molar-refractivity contribution < 1.29 is 18.3 Å². The van der Waals surface area contributed by atoms with Crippen LogP contribution in [0.1, 0.15) is 18.6 Å². The quantitative estimate of drug-likeness (QED) is 0.922. The third-order valence-electron chi connectivity index (χ3n) is 3.45. The van der Waals surface area contributed by atoms with Crippen LogP contribution >= 0.6 is 0 Å². The van der Waals surface area contributed by atoms with Crippen LogP contribution in [0.4, 0.5) is 0 Å². The van der Waals surface area contributed by atoms with Gasteiger partial charge >= 0.3 is 0 Å². The summed E-state index contributed by atoms with van der Waals surface area (Å²) in [5.41, 5.74) is 0.573. The monoisotopic (exact) mass is 306 g/mol. The fourth-order valence-corrected chi connectivity index (χ4v) is 3.74. The molecule has 0 amide bonds. The lowest BCUT2D eigenvalue weighted by Gasteiger charge is -2.20. The van der Waals surface area contributed by atoms with Crippen molar-refractivity contribution in [1.82, 2.24) is 0 Å². The summed E-state index contributed by atoms with van der Waals surface area (Å²) in [5.74, 6) is 0.282. The van der Waals surface area contributed by atoms with Crippen LogP contribution < -0.4 is 4.74 Å². The molecule has 21 heavy (non-hydrogen) atoms. The molecule has 0 aliphatic heterocycles. The van der Waals surface area contributed by atoms with Crippen molar-refractivity contribution in [2.24, 2.45) is 0 Å². The number of benzene rings is 2. The summed E-state index contributed by atoms with van der Waals surface area (Å²) in [4.78, 5) is 0.0926. The van der Waals surface area contributed by atoms with Crippen molar-refractivity contribution in [1.29, 1.82) is 0 Å². The highest BCUT2D eigenvalue weighted by molar-refractivity contribution is 7.92. The fourth-order valence-electron chi connectivity index (χ4n) is 2.15. The topological polar surface area (TPSA) is 63.6 Å². The van der Waals surface area contributed by atoms with Gasteiger partial charge in [0.2, 0.25) is 0 Å². The Morgan fingerprint density at radius 1 is 1.00 bits per heavy atom. The fraction of sp³-hybridized carbons (Fsp3) is 0.250. The molecule has 0 aromatic heterocycles. The Labute approximate surface area is 124 Å². The van der Waals surface area contributed by atoms with E-state index in [-0.39, 0.29) is 10.6 Å². The number of hydrogen-bond donors (Lipinski definition) is 1. The van der Waals surface area contributed by atoms with Crippen molar-refractivity contribution >= 4 is 9.84 Å². The average Bonchev–Trinajstić information content (AvgIpc) is 2.54. The van der Waals surface area contributed by atoms with E-state index in [0.717, 1.165) is 0 Å². The van der Waals surface area contributed by atoms with E-state index in [9.17, 15) is 13.5 Å². The first-order chi connectivity index (χ1) is 9.98. The Kier molecular flexibility index (Phi) is 4.65. The van der Waals surface area contributed by atoms with Crippen LogP contribution in [0.3, 0.4) is 0 Å². The van der Waals surface area contributed by atoms with E-state index in [1.54, 1.807) is 42.5 Å². The predicted octanol–water partition coefficient (Wildman–Crippen LogP) is 2.59. The Balaban J connectivity index is 2.39. The van der Waals surface area contributed by atoms with Crippen LogP contribution in [0.25, 0.3) is 0 Å². The first-order valence-electron chi connectivity index (χ1n) is 6.58. The lowest BCUT2D eigenvalue weighted by molar-refractivity contribution is 0.176. The zero-order valence-electron chi connectivity index (χ0n) is 11.9. The molecule has 0 aliphatic carbocycles. The molecule has 2 rings (SSSR count). The minimum Gasteiger partial charge on any atom is -0.495 e. The van der Waals surface area contributed by atoms with Gasteiger partial charge in [0.1, 0.15) is 10.6 Å². The van der Waals surface area contributed by atoms with E-state index in [1.807, 2.05) is 6.07 Å². The molecule has 0 heterocycles. The Morgan fingerprint density at radius 2 is 1.57 bits per heavy atom. The number of para-hydroxylation sites is 1. The minimum absolute atomic E-state index is 0.0926. The molecule has 5 heteroatoms. The molecule has 4 nitrogen and oxygen atoms in total. The molecule has 0 radical (unpaired) electrons. The highest BCUT2D eigenvalue weighted by Gasteiger charge is 2.32. The molecule has 0 bridgehead atoms. The lowest BCUT2D eigenvalue weighted by Crippen LogP contribution is -2.26. The summed E-state index contributed by atoms with van der Waals surface area (Å²) in [5, 5.41) is 9.35. The Hall–Kier alpha value is -1.85. The zero-order valence-corrected chi connectivity index (χ0v) is 12.7. The molecule has 0 spiro atoms. The number of hydrogen-bond acceptors (Lipinski definition) is 4. The third kappa shape index (κ3) is 3.09. The molecule has 2 aromatic rings. The van der Waals surface area contributed by atoms with Crippen LogP contribution in [-0.2, 0) is 9.84 Å². The number of methoxy groups -OCH3 is 1. The maximum atomic E-state index is 12.7. The molecule has 2 unspecified atom stereocenters. The number of ether oxygens (including phenoxy) is 1. The summed E-state index contributed by atoms with van der Waals surface area (Å²) >= 11 is 0. The van der Waals surface area contributed by atoms with Gasteiger partial charge in [-0.15, -0.1) is 0 Å². The molecule has 2 atom stereocenters. The number of aliphatic hydroxyl groups is 1. The minimum atomic E-state index is -3.70. The van der Waals surface area contributed by atoms with E-state index in [1.165, 1.54) is 20.1 Å². The molecule has 0 fully saturated rings. The van der Waals surface area contributed by atoms with Crippen LogP contribution in [0, 0.1) is 0 Å². The van der Waals surface area contributed by atoms with E-state index in [2.05, 4.69) is 0 Å².